The summed E-state index contributed by atoms with van der Waals surface area (Å²) in [6, 6.07) is 16.8. The molecule has 0 unspecified atom stereocenters. The Balaban J connectivity index is 1.50. The minimum Gasteiger partial charge on any atom is -0.508 e. The monoisotopic (exact) mass is 535 g/mol. The standard InChI is InChI=1S/C26H19BrFN3O4/c27-14-2-1-3-16(11-14)31-23(33)21-20(10-13-4-7-17(32)8-5-13)30-26(22(21)24(31)34)18-12-15(28)6-9-19(18)29-25(26)35/h1-9,11-12,20-22,30,32H,10H2,(H,29,35)/t20-,21-,22+,26-/m1/s1. The number of benzene rings is 3. The van der Waals surface area contributed by atoms with Crippen LogP contribution >= 0.6 is 15.9 Å². The van der Waals surface area contributed by atoms with Crippen LogP contribution in [-0.2, 0) is 26.3 Å². The van der Waals surface area contributed by atoms with E-state index in [1.165, 1.54) is 18.2 Å². The molecule has 35 heavy (non-hydrogen) atoms. The summed E-state index contributed by atoms with van der Waals surface area (Å²) in [5, 5.41) is 15.7. The summed E-state index contributed by atoms with van der Waals surface area (Å²) in [5.74, 6) is -3.75. The van der Waals surface area contributed by atoms with E-state index < -0.39 is 47.0 Å². The van der Waals surface area contributed by atoms with E-state index in [1.807, 2.05) is 0 Å². The molecule has 3 aliphatic heterocycles. The van der Waals surface area contributed by atoms with Gasteiger partial charge in [-0.25, -0.2) is 9.29 Å². The van der Waals surface area contributed by atoms with Crippen LogP contribution in [-0.4, -0.2) is 28.9 Å². The minimum absolute atomic E-state index is 0.106. The van der Waals surface area contributed by atoms with Crippen LogP contribution in [0.15, 0.2) is 71.2 Å². The van der Waals surface area contributed by atoms with Crippen molar-refractivity contribution in [1.82, 2.24) is 5.32 Å². The lowest BCUT2D eigenvalue weighted by Crippen LogP contribution is -2.53. The van der Waals surface area contributed by atoms with E-state index in [0.717, 1.165) is 10.5 Å². The number of phenols is 1. The maximum Gasteiger partial charge on any atom is 0.250 e. The first-order chi connectivity index (χ1) is 16.8. The second-order valence-electron chi connectivity index (χ2n) is 9.07. The molecule has 4 atom stereocenters. The van der Waals surface area contributed by atoms with Crippen molar-refractivity contribution in [3.63, 3.8) is 0 Å². The lowest BCUT2D eigenvalue weighted by molar-refractivity contribution is -0.130. The number of carbonyl (C=O) groups excluding carboxylic acids is 3. The summed E-state index contributed by atoms with van der Waals surface area (Å²) in [6.07, 6.45) is 0.326. The van der Waals surface area contributed by atoms with Gasteiger partial charge in [0.25, 0.3) is 0 Å². The average Bonchev–Trinajstić information content (AvgIpc) is 3.40. The number of amides is 3. The number of nitrogens with one attached hydrogen (secondary N) is 2. The second kappa shape index (κ2) is 7.73. The largest absolute Gasteiger partial charge is 0.508 e. The highest BCUT2D eigenvalue weighted by molar-refractivity contribution is 9.10. The third-order valence-corrected chi connectivity index (χ3v) is 7.63. The number of nitrogens with zero attached hydrogens (tertiary/aromatic N) is 1. The van der Waals surface area contributed by atoms with Gasteiger partial charge < -0.3 is 10.4 Å². The molecule has 3 aliphatic rings. The molecule has 9 heteroatoms. The molecule has 7 nitrogen and oxygen atoms in total. The normalized spacial score (nSPS) is 26.9. The lowest BCUT2D eigenvalue weighted by Gasteiger charge is -2.29. The van der Waals surface area contributed by atoms with Crippen molar-refractivity contribution >= 4 is 45.0 Å². The number of hydrogen-bond acceptors (Lipinski definition) is 5. The molecule has 0 radical (unpaired) electrons. The van der Waals surface area contributed by atoms with Gasteiger partial charge in [0.1, 0.15) is 17.1 Å². The van der Waals surface area contributed by atoms with Crippen molar-refractivity contribution < 1.29 is 23.9 Å². The molecular formula is C26H19BrFN3O4. The molecule has 3 amide bonds. The molecule has 2 fully saturated rings. The third-order valence-electron chi connectivity index (χ3n) is 7.14. The molecule has 3 heterocycles. The van der Waals surface area contributed by atoms with Gasteiger partial charge in [0.15, 0.2) is 0 Å². The molecule has 1 spiro atoms. The molecule has 0 aliphatic carbocycles. The number of anilines is 2. The fourth-order valence-corrected chi connectivity index (χ4v) is 6.09. The van der Waals surface area contributed by atoms with Crippen LogP contribution in [0.3, 0.4) is 0 Å². The quantitative estimate of drug-likeness (QED) is 0.446. The third kappa shape index (κ3) is 3.15. The number of fused-ring (bicyclic) bond motifs is 4. The molecular weight excluding hydrogens is 517 g/mol. The van der Waals surface area contributed by atoms with Crippen LogP contribution in [0.5, 0.6) is 5.75 Å². The Kier molecular flexibility index (Phi) is 4.84. The predicted octanol–water partition coefficient (Wildman–Crippen LogP) is 3.46. The van der Waals surface area contributed by atoms with E-state index in [1.54, 1.807) is 48.5 Å². The number of hydrogen-bond donors (Lipinski definition) is 3. The fourth-order valence-electron chi connectivity index (χ4n) is 5.70. The first-order valence-corrected chi connectivity index (χ1v) is 11.9. The molecule has 176 valence electrons. The Morgan fingerprint density at radius 1 is 1.00 bits per heavy atom. The highest BCUT2D eigenvalue weighted by atomic mass is 79.9. The summed E-state index contributed by atoms with van der Waals surface area (Å²) in [7, 11) is 0. The van der Waals surface area contributed by atoms with E-state index >= 15 is 0 Å². The summed E-state index contributed by atoms with van der Waals surface area (Å²) < 4.78 is 15.1. The molecule has 3 N–H and O–H groups in total. The minimum atomic E-state index is -1.59. The van der Waals surface area contributed by atoms with E-state index in [9.17, 15) is 23.9 Å². The maximum atomic E-state index is 14.4. The van der Waals surface area contributed by atoms with Crippen molar-refractivity contribution in [2.75, 3.05) is 10.2 Å². The van der Waals surface area contributed by atoms with Gasteiger partial charge in [-0.05, 0) is 60.5 Å². The summed E-state index contributed by atoms with van der Waals surface area (Å²) in [5.41, 5.74) is 0.365. The highest BCUT2D eigenvalue weighted by Gasteiger charge is 2.70. The topological polar surface area (TPSA) is 98.7 Å². The SMILES string of the molecule is O=C1[C@H]2[C@@H](C(=O)N1c1cccc(Br)c1)[C@@]1(N[C@@H]2Cc2ccc(O)cc2)C(=O)Nc2ccc(F)cc21. The Morgan fingerprint density at radius 2 is 1.77 bits per heavy atom. The highest BCUT2D eigenvalue weighted by Crippen LogP contribution is 2.54. The van der Waals surface area contributed by atoms with Crippen molar-refractivity contribution in [3.05, 3.63) is 88.1 Å². The number of carbonyl (C=O) groups is 3. The molecule has 0 aromatic heterocycles. The predicted molar refractivity (Wildman–Crippen MR) is 129 cm³/mol. The first kappa shape index (κ1) is 21.9. The van der Waals surface area contributed by atoms with Crippen LogP contribution in [0.2, 0.25) is 0 Å². The average molecular weight is 536 g/mol. The second-order valence-corrected chi connectivity index (χ2v) is 9.98. The summed E-state index contributed by atoms with van der Waals surface area (Å²) >= 11 is 3.38. The summed E-state index contributed by atoms with van der Waals surface area (Å²) in [4.78, 5) is 42.3. The number of imide groups is 1. The van der Waals surface area contributed by atoms with Crippen molar-refractivity contribution in [2.24, 2.45) is 11.8 Å². The zero-order valence-corrected chi connectivity index (χ0v) is 19.8. The van der Waals surface area contributed by atoms with Gasteiger partial charge >= 0.3 is 0 Å². The fraction of sp³-hybridized carbons (Fsp3) is 0.192. The zero-order chi connectivity index (χ0) is 24.5. The van der Waals surface area contributed by atoms with Gasteiger partial charge in [-0.1, -0.05) is 34.1 Å². The molecule has 0 bridgehead atoms. The van der Waals surface area contributed by atoms with Crippen LogP contribution < -0.4 is 15.5 Å². The van der Waals surface area contributed by atoms with Gasteiger partial charge in [-0.2, -0.15) is 0 Å². The van der Waals surface area contributed by atoms with Gasteiger partial charge in [-0.3, -0.25) is 19.7 Å². The zero-order valence-electron chi connectivity index (χ0n) is 18.2. The summed E-state index contributed by atoms with van der Waals surface area (Å²) in [6.45, 7) is 0. The Labute approximate surface area is 208 Å². The lowest BCUT2D eigenvalue weighted by atomic mass is 9.76. The van der Waals surface area contributed by atoms with Gasteiger partial charge in [0.05, 0.1) is 17.5 Å². The van der Waals surface area contributed by atoms with E-state index in [2.05, 4.69) is 26.6 Å². The number of rotatable bonds is 3. The smallest absolute Gasteiger partial charge is 0.250 e. The van der Waals surface area contributed by atoms with Crippen molar-refractivity contribution in [3.8, 4) is 5.75 Å². The van der Waals surface area contributed by atoms with Crippen LogP contribution in [0, 0.1) is 17.7 Å². The number of aromatic hydroxyl groups is 1. The van der Waals surface area contributed by atoms with E-state index in [0.29, 0.717) is 27.8 Å². The van der Waals surface area contributed by atoms with Crippen molar-refractivity contribution in [2.45, 2.75) is 18.0 Å². The number of phenolic OH excluding ortho intramolecular Hbond substituents is 1. The van der Waals surface area contributed by atoms with Gasteiger partial charge in [0.2, 0.25) is 17.7 Å². The van der Waals surface area contributed by atoms with Crippen LogP contribution in [0.25, 0.3) is 0 Å². The van der Waals surface area contributed by atoms with E-state index in [4.69, 9.17) is 0 Å². The molecule has 3 aromatic carbocycles. The van der Waals surface area contributed by atoms with E-state index in [-0.39, 0.29) is 5.75 Å². The van der Waals surface area contributed by atoms with Gasteiger partial charge in [0, 0.05) is 21.8 Å². The first-order valence-electron chi connectivity index (χ1n) is 11.1. The molecule has 0 saturated carbocycles. The van der Waals surface area contributed by atoms with Crippen LogP contribution in [0.1, 0.15) is 11.1 Å². The molecule has 2 saturated heterocycles. The molecule has 6 rings (SSSR count). The number of halogens is 2. The Hall–Kier alpha value is -3.56. The Morgan fingerprint density at radius 3 is 2.51 bits per heavy atom. The van der Waals surface area contributed by atoms with Crippen molar-refractivity contribution in [1.29, 1.82) is 0 Å². The van der Waals surface area contributed by atoms with Crippen LogP contribution in [0.4, 0.5) is 15.8 Å². The Bertz CT molecular complexity index is 1410. The van der Waals surface area contributed by atoms with Gasteiger partial charge in [-0.15, -0.1) is 0 Å². The maximum absolute atomic E-state index is 14.4. The molecule has 3 aromatic rings.